The second kappa shape index (κ2) is 7.68. The maximum atomic E-state index is 6.23. The Kier molecular flexibility index (Phi) is 5.90. The number of benzene rings is 1. The van der Waals surface area contributed by atoms with Crippen molar-refractivity contribution in [3.8, 4) is 5.75 Å². The van der Waals surface area contributed by atoms with Gasteiger partial charge in [0.25, 0.3) is 0 Å². The molecule has 0 spiro atoms. The van der Waals surface area contributed by atoms with Crippen LogP contribution in [0.1, 0.15) is 64.5 Å². The Balaban J connectivity index is 1.97. The molecule has 3 atom stereocenters. The van der Waals surface area contributed by atoms with E-state index in [2.05, 4.69) is 50.4 Å². The van der Waals surface area contributed by atoms with Crippen molar-refractivity contribution in [2.24, 2.45) is 5.92 Å². The van der Waals surface area contributed by atoms with Crippen molar-refractivity contribution in [3.63, 3.8) is 0 Å². The van der Waals surface area contributed by atoms with Crippen LogP contribution < -0.4 is 10.1 Å². The summed E-state index contributed by atoms with van der Waals surface area (Å²) < 4.78 is 6.23. The molecule has 0 heterocycles. The number of rotatable bonds is 6. The minimum Gasteiger partial charge on any atom is -0.490 e. The van der Waals surface area contributed by atoms with Crippen molar-refractivity contribution in [1.29, 1.82) is 0 Å². The van der Waals surface area contributed by atoms with Gasteiger partial charge < -0.3 is 10.1 Å². The number of hydrogen-bond donors (Lipinski definition) is 1. The fourth-order valence-electron chi connectivity index (χ4n) is 3.19. The summed E-state index contributed by atoms with van der Waals surface area (Å²) in [7, 11) is 0. The molecule has 1 aromatic carbocycles. The van der Waals surface area contributed by atoms with Gasteiger partial charge >= 0.3 is 0 Å². The maximum absolute atomic E-state index is 6.23. The van der Waals surface area contributed by atoms with Crippen LogP contribution in [0.4, 0.5) is 0 Å². The third-order valence-corrected chi connectivity index (χ3v) is 4.48. The van der Waals surface area contributed by atoms with Crippen molar-refractivity contribution < 1.29 is 4.74 Å². The van der Waals surface area contributed by atoms with Crippen molar-refractivity contribution in [2.45, 2.75) is 65.0 Å². The Bertz CT molecular complexity index is 404. The van der Waals surface area contributed by atoms with Crippen LogP contribution in [0.2, 0.25) is 0 Å². The van der Waals surface area contributed by atoms with E-state index in [-0.39, 0.29) is 0 Å². The molecule has 112 valence electrons. The fraction of sp³-hybridized carbons (Fsp3) is 0.667. The van der Waals surface area contributed by atoms with E-state index in [9.17, 15) is 0 Å². The van der Waals surface area contributed by atoms with Crippen LogP contribution in [0.25, 0.3) is 0 Å². The van der Waals surface area contributed by atoms with Gasteiger partial charge in [0.15, 0.2) is 0 Å². The molecule has 2 rings (SSSR count). The van der Waals surface area contributed by atoms with Gasteiger partial charge in [-0.25, -0.2) is 0 Å². The van der Waals surface area contributed by atoms with E-state index in [1.54, 1.807) is 0 Å². The Morgan fingerprint density at radius 3 is 2.90 bits per heavy atom. The lowest BCUT2D eigenvalue weighted by Gasteiger charge is -2.29. The van der Waals surface area contributed by atoms with E-state index >= 15 is 0 Å². The number of hydrogen-bond acceptors (Lipinski definition) is 2. The highest BCUT2D eigenvalue weighted by Gasteiger charge is 2.22. The summed E-state index contributed by atoms with van der Waals surface area (Å²) in [6.07, 6.45) is 6.84. The number of nitrogens with one attached hydrogen (secondary N) is 1. The highest BCUT2D eigenvalue weighted by atomic mass is 16.5. The largest absolute Gasteiger partial charge is 0.490 e. The van der Waals surface area contributed by atoms with Gasteiger partial charge in [-0.05, 0) is 56.3 Å². The van der Waals surface area contributed by atoms with Gasteiger partial charge in [0.1, 0.15) is 5.75 Å². The first-order chi connectivity index (χ1) is 9.72. The SMILES string of the molecule is CCNC(C)c1cccc(OC2CCCC(CC)C2)c1. The average Bonchev–Trinajstić information content (AvgIpc) is 2.48. The minimum atomic E-state index is 0.387. The predicted octanol–water partition coefficient (Wildman–Crippen LogP) is 4.70. The van der Waals surface area contributed by atoms with Crippen LogP contribution in [0.15, 0.2) is 24.3 Å². The first-order valence-electron chi connectivity index (χ1n) is 8.22. The van der Waals surface area contributed by atoms with Crippen molar-refractivity contribution >= 4 is 0 Å². The van der Waals surface area contributed by atoms with E-state index in [1.165, 1.54) is 37.7 Å². The lowest BCUT2D eigenvalue weighted by atomic mass is 9.85. The van der Waals surface area contributed by atoms with Crippen LogP contribution in [0.5, 0.6) is 5.75 Å². The van der Waals surface area contributed by atoms with Crippen LogP contribution in [-0.2, 0) is 0 Å². The van der Waals surface area contributed by atoms with Gasteiger partial charge in [-0.3, -0.25) is 0 Å². The zero-order valence-electron chi connectivity index (χ0n) is 13.2. The zero-order valence-corrected chi connectivity index (χ0v) is 13.2. The van der Waals surface area contributed by atoms with E-state index in [0.29, 0.717) is 12.1 Å². The minimum absolute atomic E-state index is 0.387. The van der Waals surface area contributed by atoms with Gasteiger partial charge in [0.05, 0.1) is 6.10 Å². The molecule has 0 aromatic heterocycles. The first kappa shape index (κ1) is 15.4. The highest BCUT2D eigenvalue weighted by Crippen LogP contribution is 2.30. The Hall–Kier alpha value is -1.02. The summed E-state index contributed by atoms with van der Waals surface area (Å²) >= 11 is 0. The third-order valence-electron chi connectivity index (χ3n) is 4.48. The smallest absolute Gasteiger partial charge is 0.120 e. The maximum Gasteiger partial charge on any atom is 0.120 e. The van der Waals surface area contributed by atoms with E-state index < -0.39 is 0 Å². The molecule has 0 aliphatic heterocycles. The van der Waals surface area contributed by atoms with Crippen molar-refractivity contribution in [1.82, 2.24) is 5.32 Å². The molecule has 1 aliphatic rings. The van der Waals surface area contributed by atoms with Gasteiger partial charge in [-0.15, -0.1) is 0 Å². The van der Waals surface area contributed by atoms with Gasteiger partial charge in [-0.1, -0.05) is 38.8 Å². The molecule has 1 N–H and O–H groups in total. The topological polar surface area (TPSA) is 21.3 Å². The molecule has 0 amide bonds. The second-order valence-electron chi connectivity index (χ2n) is 6.03. The van der Waals surface area contributed by atoms with Crippen molar-refractivity contribution in [3.05, 3.63) is 29.8 Å². The van der Waals surface area contributed by atoms with E-state index in [0.717, 1.165) is 18.2 Å². The van der Waals surface area contributed by atoms with Crippen LogP contribution in [-0.4, -0.2) is 12.6 Å². The first-order valence-corrected chi connectivity index (χ1v) is 8.22. The lowest BCUT2D eigenvalue weighted by molar-refractivity contribution is 0.122. The molecule has 20 heavy (non-hydrogen) atoms. The molecule has 1 aromatic rings. The molecular weight excluding hydrogens is 246 g/mol. The summed E-state index contributed by atoms with van der Waals surface area (Å²) in [4.78, 5) is 0. The highest BCUT2D eigenvalue weighted by molar-refractivity contribution is 5.30. The average molecular weight is 275 g/mol. The van der Waals surface area contributed by atoms with Gasteiger partial charge in [0.2, 0.25) is 0 Å². The monoisotopic (exact) mass is 275 g/mol. The molecular formula is C18H29NO. The molecule has 1 fully saturated rings. The Morgan fingerprint density at radius 2 is 2.15 bits per heavy atom. The van der Waals surface area contributed by atoms with Gasteiger partial charge in [0, 0.05) is 6.04 Å². The second-order valence-corrected chi connectivity index (χ2v) is 6.03. The quantitative estimate of drug-likeness (QED) is 0.812. The Labute approximate surface area is 123 Å². The Morgan fingerprint density at radius 1 is 1.30 bits per heavy atom. The standard InChI is InChI=1S/C18H29NO/c1-4-15-8-6-10-17(12-15)20-18-11-7-9-16(13-18)14(3)19-5-2/h7,9,11,13-15,17,19H,4-6,8,10,12H2,1-3H3. The summed E-state index contributed by atoms with van der Waals surface area (Å²) in [5, 5.41) is 3.45. The fourth-order valence-corrected chi connectivity index (χ4v) is 3.19. The molecule has 2 heteroatoms. The molecule has 0 radical (unpaired) electrons. The predicted molar refractivity (Wildman–Crippen MR) is 85.2 cm³/mol. The van der Waals surface area contributed by atoms with Crippen LogP contribution in [0, 0.1) is 5.92 Å². The summed E-state index contributed by atoms with van der Waals surface area (Å²) in [6, 6.07) is 8.97. The van der Waals surface area contributed by atoms with E-state index in [4.69, 9.17) is 4.74 Å². The number of ether oxygens (including phenoxy) is 1. The summed E-state index contributed by atoms with van der Waals surface area (Å²) in [6.45, 7) is 7.64. The lowest BCUT2D eigenvalue weighted by Crippen LogP contribution is -2.25. The normalized spacial score (nSPS) is 24.4. The van der Waals surface area contributed by atoms with Crippen LogP contribution in [0.3, 0.4) is 0 Å². The molecule has 1 saturated carbocycles. The zero-order chi connectivity index (χ0) is 14.4. The van der Waals surface area contributed by atoms with Crippen LogP contribution >= 0.6 is 0 Å². The summed E-state index contributed by atoms with van der Waals surface area (Å²) in [5.74, 6) is 1.90. The molecule has 3 unspecified atom stereocenters. The van der Waals surface area contributed by atoms with Gasteiger partial charge in [-0.2, -0.15) is 0 Å². The third kappa shape index (κ3) is 4.24. The van der Waals surface area contributed by atoms with E-state index in [1.807, 2.05) is 0 Å². The van der Waals surface area contributed by atoms with Crippen molar-refractivity contribution in [2.75, 3.05) is 6.54 Å². The molecule has 1 aliphatic carbocycles. The molecule has 0 saturated heterocycles. The summed E-state index contributed by atoms with van der Waals surface area (Å²) in [5.41, 5.74) is 1.31. The molecule has 2 nitrogen and oxygen atoms in total. The molecule has 0 bridgehead atoms.